The van der Waals surface area contributed by atoms with Crippen LogP contribution in [-0.4, -0.2) is 85.5 Å². The number of rotatable bonds is 6. The highest BCUT2D eigenvalue weighted by Crippen LogP contribution is 2.51. The summed E-state index contributed by atoms with van der Waals surface area (Å²) in [5, 5.41) is 11.3. The standard InChI is InChI=1S/C16H22BNO12S4/c1-31(21,22)15(32(2,23)24)16(33(3,25)26,34(4,27)28)30-17(29-15)12-7-5-6-11-10(12)8-9-13(11)18-14(19)20/h5-7,13,18H,8-9H2,1-4H3,(H,19,20). The Bertz CT molecular complexity index is 1340. The second-order valence-electron chi connectivity index (χ2n) is 8.22. The molecule has 18 heteroatoms. The van der Waals surface area contributed by atoms with Crippen molar-refractivity contribution in [2.45, 2.75) is 27.4 Å². The van der Waals surface area contributed by atoms with E-state index in [2.05, 4.69) is 5.32 Å². The Balaban J connectivity index is 2.38. The summed E-state index contributed by atoms with van der Waals surface area (Å²) in [5.74, 6) is 0. The molecule has 1 aromatic rings. The van der Waals surface area contributed by atoms with Crippen molar-refractivity contribution in [1.82, 2.24) is 5.32 Å². The fraction of sp³-hybridized carbons (Fsp3) is 0.562. The Kier molecular flexibility index (Phi) is 6.24. The molecular formula is C16H22BNO12S4. The first-order valence-electron chi connectivity index (χ1n) is 9.46. The number of hydrogen-bond acceptors (Lipinski definition) is 11. The minimum atomic E-state index is -5.16. The molecule has 3 rings (SSSR count). The average Bonchev–Trinajstić information content (AvgIpc) is 3.20. The van der Waals surface area contributed by atoms with E-state index in [0.717, 1.165) is 0 Å². The van der Waals surface area contributed by atoms with Crippen molar-refractivity contribution < 1.29 is 52.9 Å². The number of hydrogen-bond donors (Lipinski definition) is 2. The molecule has 2 aliphatic rings. The third-order valence-electron chi connectivity index (χ3n) is 5.71. The lowest BCUT2D eigenvalue weighted by Gasteiger charge is -2.37. The molecule has 190 valence electrons. The Morgan fingerprint density at radius 2 is 1.35 bits per heavy atom. The monoisotopic (exact) mass is 559 g/mol. The summed E-state index contributed by atoms with van der Waals surface area (Å²) in [4.78, 5) is 11.1. The molecule has 1 saturated heterocycles. The molecule has 1 unspecified atom stereocenters. The first-order valence-corrected chi connectivity index (χ1v) is 17.0. The molecule has 1 heterocycles. The van der Waals surface area contributed by atoms with E-state index in [1.165, 1.54) is 12.1 Å². The number of carboxylic acid groups (broad SMARTS) is 1. The molecule has 0 bridgehead atoms. The second kappa shape index (κ2) is 7.89. The van der Waals surface area contributed by atoms with Gasteiger partial charge in [-0.2, -0.15) is 0 Å². The van der Waals surface area contributed by atoms with Crippen LogP contribution >= 0.6 is 0 Å². The van der Waals surface area contributed by atoms with Gasteiger partial charge in [0.1, 0.15) is 0 Å². The molecule has 0 saturated carbocycles. The number of benzene rings is 1. The van der Waals surface area contributed by atoms with Crippen LogP contribution in [0.2, 0.25) is 0 Å². The Labute approximate surface area is 197 Å². The largest absolute Gasteiger partial charge is 0.498 e. The summed E-state index contributed by atoms with van der Waals surface area (Å²) >= 11 is 0. The molecule has 13 nitrogen and oxygen atoms in total. The highest BCUT2D eigenvalue weighted by atomic mass is 32.3. The van der Waals surface area contributed by atoms with Crippen LogP contribution < -0.4 is 10.8 Å². The van der Waals surface area contributed by atoms with Gasteiger partial charge in [0.2, 0.25) is 0 Å². The average molecular weight is 559 g/mol. The molecule has 2 N–H and O–H groups in total. The Hall–Kier alpha value is -1.73. The lowest BCUT2D eigenvalue weighted by Crippen LogP contribution is -2.67. The maximum Gasteiger partial charge on any atom is 0.498 e. The van der Waals surface area contributed by atoms with E-state index in [4.69, 9.17) is 14.4 Å². The molecule has 0 aromatic heterocycles. The Morgan fingerprint density at radius 3 is 1.74 bits per heavy atom. The van der Waals surface area contributed by atoms with Crippen LogP contribution in [0.5, 0.6) is 0 Å². The Morgan fingerprint density at radius 1 is 0.912 bits per heavy atom. The number of nitrogens with one attached hydrogen (secondary N) is 1. The van der Waals surface area contributed by atoms with Crippen molar-refractivity contribution in [2.75, 3.05) is 25.0 Å². The molecule has 34 heavy (non-hydrogen) atoms. The van der Waals surface area contributed by atoms with Gasteiger partial charge < -0.3 is 19.7 Å². The first kappa shape index (κ1) is 26.9. The molecule has 1 fully saturated rings. The van der Waals surface area contributed by atoms with Crippen molar-refractivity contribution in [3.63, 3.8) is 0 Å². The molecule has 0 spiro atoms. The highest BCUT2D eigenvalue weighted by Gasteiger charge is 2.83. The topological polar surface area (TPSA) is 204 Å². The smallest absolute Gasteiger partial charge is 0.465 e. The van der Waals surface area contributed by atoms with Crippen molar-refractivity contribution in [1.29, 1.82) is 0 Å². The third kappa shape index (κ3) is 3.65. The zero-order valence-electron chi connectivity index (χ0n) is 18.4. The van der Waals surface area contributed by atoms with E-state index in [1.54, 1.807) is 6.07 Å². The number of fused-ring (bicyclic) bond motifs is 1. The van der Waals surface area contributed by atoms with Gasteiger partial charge in [-0.15, -0.1) is 0 Å². The first-order chi connectivity index (χ1) is 15.2. The zero-order valence-corrected chi connectivity index (χ0v) is 21.6. The van der Waals surface area contributed by atoms with Gasteiger partial charge in [0.15, 0.2) is 39.3 Å². The minimum Gasteiger partial charge on any atom is -0.465 e. The maximum atomic E-state index is 12.9. The van der Waals surface area contributed by atoms with Crippen LogP contribution in [0.4, 0.5) is 4.79 Å². The normalized spacial score (nSPS) is 22.4. The van der Waals surface area contributed by atoms with Gasteiger partial charge in [-0.05, 0) is 29.4 Å². The molecular weight excluding hydrogens is 537 g/mol. The van der Waals surface area contributed by atoms with Gasteiger partial charge in [0.25, 0.3) is 0 Å². The maximum absolute atomic E-state index is 12.9. The lowest BCUT2D eigenvalue weighted by atomic mass is 9.75. The summed E-state index contributed by atoms with van der Waals surface area (Å²) in [5.41, 5.74) is 0.783. The molecule has 1 aromatic carbocycles. The van der Waals surface area contributed by atoms with Crippen LogP contribution in [0, 0.1) is 0 Å². The van der Waals surface area contributed by atoms with Crippen LogP contribution in [-0.2, 0) is 55.1 Å². The van der Waals surface area contributed by atoms with E-state index < -0.39 is 67.1 Å². The van der Waals surface area contributed by atoms with Gasteiger partial charge in [0, 0.05) is 25.0 Å². The fourth-order valence-corrected chi connectivity index (χ4v) is 15.7. The minimum absolute atomic E-state index is 0.0296. The van der Waals surface area contributed by atoms with Gasteiger partial charge in [0.05, 0.1) is 6.04 Å². The van der Waals surface area contributed by atoms with E-state index in [9.17, 15) is 38.5 Å². The summed E-state index contributed by atoms with van der Waals surface area (Å²) < 4.78 is 106. The van der Waals surface area contributed by atoms with Crippen molar-refractivity contribution in [3.8, 4) is 0 Å². The molecule has 1 atom stereocenters. The molecule has 1 aliphatic carbocycles. The second-order valence-corrected chi connectivity index (χ2v) is 17.2. The summed E-state index contributed by atoms with van der Waals surface area (Å²) in [6, 6.07) is 3.62. The van der Waals surface area contributed by atoms with Crippen molar-refractivity contribution in [3.05, 3.63) is 29.3 Å². The summed E-state index contributed by atoms with van der Waals surface area (Å²) in [6.45, 7) is 0. The third-order valence-corrected chi connectivity index (χ3v) is 15.3. The van der Waals surface area contributed by atoms with Gasteiger partial charge >= 0.3 is 21.7 Å². The molecule has 0 radical (unpaired) electrons. The van der Waals surface area contributed by atoms with Crippen LogP contribution in [0.25, 0.3) is 0 Å². The van der Waals surface area contributed by atoms with Crippen LogP contribution in [0.3, 0.4) is 0 Å². The van der Waals surface area contributed by atoms with Crippen LogP contribution in [0.15, 0.2) is 18.2 Å². The number of sulfone groups is 4. The predicted molar refractivity (Wildman–Crippen MR) is 121 cm³/mol. The van der Waals surface area contributed by atoms with Crippen molar-refractivity contribution >= 4 is 58.0 Å². The van der Waals surface area contributed by atoms with E-state index in [-0.39, 0.29) is 18.3 Å². The van der Waals surface area contributed by atoms with Crippen molar-refractivity contribution in [2.24, 2.45) is 0 Å². The fourth-order valence-electron chi connectivity index (χ4n) is 4.59. The van der Waals surface area contributed by atoms with Gasteiger partial charge in [-0.1, -0.05) is 18.2 Å². The quantitative estimate of drug-likeness (QED) is 0.370. The van der Waals surface area contributed by atoms with E-state index >= 15 is 0 Å². The number of carbonyl (C=O) groups is 1. The van der Waals surface area contributed by atoms with E-state index in [1.807, 2.05) is 0 Å². The lowest BCUT2D eigenvalue weighted by molar-refractivity contribution is 0.190. The summed E-state index contributed by atoms with van der Waals surface area (Å²) in [6.07, 6.45) is 0.533. The number of amides is 1. The SMILES string of the molecule is CS(=O)(=O)C1(S(C)(=O)=O)OB(c2cccc3c2CCC3NC(=O)O)OC1(S(C)(=O)=O)S(C)(=O)=O. The zero-order chi connectivity index (χ0) is 26.1. The van der Waals surface area contributed by atoms with Crippen LogP contribution in [0.1, 0.15) is 23.6 Å². The van der Waals surface area contributed by atoms with Gasteiger partial charge in [-0.25, -0.2) is 38.5 Å². The predicted octanol–water partition coefficient (Wildman–Crippen LogP) is -1.83. The summed E-state index contributed by atoms with van der Waals surface area (Å²) in [7, 11) is -22.7. The molecule has 1 amide bonds. The highest BCUT2D eigenvalue weighted by molar-refractivity contribution is 8.16. The molecule has 1 aliphatic heterocycles. The van der Waals surface area contributed by atoms with E-state index in [0.29, 0.717) is 36.1 Å². The van der Waals surface area contributed by atoms with Gasteiger partial charge in [-0.3, -0.25) is 0 Å².